The van der Waals surface area contributed by atoms with E-state index in [4.69, 9.17) is 0 Å². The van der Waals surface area contributed by atoms with Crippen LogP contribution in [0.1, 0.15) is 61.3 Å². The molecule has 1 saturated heterocycles. The van der Waals surface area contributed by atoms with Gasteiger partial charge in [0.05, 0.1) is 0 Å². The first-order valence-corrected chi connectivity index (χ1v) is 6.47. The molecule has 1 heteroatoms. The number of rotatable bonds is 4. The third kappa shape index (κ3) is 2.55. The van der Waals surface area contributed by atoms with E-state index < -0.39 is 0 Å². The van der Waals surface area contributed by atoms with Gasteiger partial charge in [0.2, 0.25) is 0 Å². The monoisotopic (exact) mass is 211 g/mol. The molecule has 0 saturated carbocycles. The summed E-state index contributed by atoms with van der Waals surface area (Å²) in [6.45, 7) is 16.5. The summed E-state index contributed by atoms with van der Waals surface area (Å²) < 4.78 is 0. The molecule has 1 fully saturated rings. The van der Waals surface area contributed by atoms with E-state index in [2.05, 4.69) is 53.8 Å². The fraction of sp³-hybridized carbons (Fsp3) is 1.00. The molecule has 0 aliphatic carbocycles. The van der Waals surface area contributed by atoms with Crippen LogP contribution in [0.25, 0.3) is 0 Å². The molecule has 0 bridgehead atoms. The smallest absolute Gasteiger partial charge is 0.0159 e. The first kappa shape index (κ1) is 13.0. The fourth-order valence-electron chi connectivity index (χ4n) is 2.84. The molecule has 1 nitrogen and oxygen atoms in total. The first-order chi connectivity index (χ1) is 6.70. The Morgan fingerprint density at radius 2 is 1.80 bits per heavy atom. The van der Waals surface area contributed by atoms with E-state index >= 15 is 0 Å². The van der Waals surface area contributed by atoms with Crippen molar-refractivity contribution in [2.45, 2.75) is 73.4 Å². The average Bonchev–Trinajstić information content (AvgIpc) is 2.11. The number of hydrogen-bond donors (Lipinski definition) is 1. The normalized spacial score (nSPS) is 30.4. The van der Waals surface area contributed by atoms with E-state index in [-0.39, 0.29) is 0 Å². The molecule has 1 heterocycles. The Bertz CT molecular complexity index is 215. The highest BCUT2D eigenvalue weighted by molar-refractivity contribution is 5.06. The summed E-state index contributed by atoms with van der Waals surface area (Å²) in [6.07, 6.45) is 2.58. The maximum atomic E-state index is 3.76. The fourth-order valence-corrected chi connectivity index (χ4v) is 2.84. The molecule has 0 aromatic rings. The largest absolute Gasteiger partial charge is 0.310 e. The SMILES string of the molecule is CCC(C)(C)CC1NC(C(C)C)C1(C)C. The molecular weight excluding hydrogens is 182 g/mol. The molecule has 15 heavy (non-hydrogen) atoms. The van der Waals surface area contributed by atoms with E-state index in [1.54, 1.807) is 0 Å². The minimum absolute atomic E-state index is 0.473. The summed E-state index contributed by atoms with van der Waals surface area (Å²) >= 11 is 0. The van der Waals surface area contributed by atoms with Gasteiger partial charge in [0.25, 0.3) is 0 Å². The Balaban J connectivity index is 2.56. The highest BCUT2D eigenvalue weighted by Gasteiger charge is 2.49. The van der Waals surface area contributed by atoms with Crippen molar-refractivity contribution < 1.29 is 0 Å². The zero-order valence-corrected chi connectivity index (χ0v) is 11.6. The molecule has 0 spiro atoms. The summed E-state index contributed by atoms with van der Waals surface area (Å²) in [5.74, 6) is 0.751. The summed E-state index contributed by atoms with van der Waals surface area (Å²) in [7, 11) is 0. The quantitative estimate of drug-likeness (QED) is 0.745. The van der Waals surface area contributed by atoms with Gasteiger partial charge in [-0.3, -0.25) is 0 Å². The minimum atomic E-state index is 0.473. The maximum Gasteiger partial charge on any atom is 0.0159 e. The van der Waals surface area contributed by atoms with Gasteiger partial charge in [-0.1, -0.05) is 54.9 Å². The molecule has 2 atom stereocenters. The van der Waals surface area contributed by atoms with Crippen LogP contribution >= 0.6 is 0 Å². The molecule has 0 aromatic heterocycles. The van der Waals surface area contributed by atoms with Crippen LogP contribution in [-0.2, 0) is 0 Å². The lowest BCUT2D eigenvalue weighted by Gasteiger charge is -2.57. The molecule has 90 valence electrons. The van der Waals surface area contributed by atoms with Crippen LogP contribution in [0.3, 0.4) is 0 Å². The third-order valence-electron chi connectivity index (χ3n) is 4.46. The molecule has 0 aromatic carbocycles. The third-order valence-corrected chi connectivity index (χ3v) is 4.46. The van der Waals surface area contributed by atoms with Crippen molar-refractivity contribution in [1.82, 2.24) is 5.32 Å². The van der Waals surface area contributed by atoms with Gasteiger partial charge in [-0.2, -0.15) is 0 Å². The van der Waals surface area contributed by atoms with E-state index in [0.29, 0.717) is 22.9 Å². The summed E-state index contributed by atoms with van der Waals surface area (Å²) in [4.78, 5) is 0. The van der Waals surface area contributed by atoms with E-state index in [1.165, 1.54) is 12.8 Å². The topological polar surface area (TPSA) is 12.0 Å². The minimum Gasteiger partial charge on any atom is -0.310 e. The average molecular weight is 211 g/mol. The van der Waals surface area contributed by atoms with Crippen molar-refractivity contribution in [1.29, 1.82) is 0 Å². The Hall–Kier alpha value is -0.0400. The predicted molar refractivity (Wildman–Crippen MR) is 68.0 cm³/mol. The van der Waals surface area contributed by atoms with Crippen molar-refractivity contribution >= 4 is 0 Å². The molecule has 0 radical (unpaired) electrons. The molecule has 1 aliphatic heterocycles. The standard InChI is InChI=1S/C14H29N/c1-8-13(4,5)9-11-14(6,7)12(15-11)10(2)3/h10-12,15H,8-9H2,1-7H3. The summed E-state index contributed by atoms with van der Waals surface area (Å²) in [5.41, 5.74) is 0.956. The van der Waals surface area contributed by atoms with Crippen molar-refractivity contribution in [3.05, 3.63) is 0 Å². The van der Waals surface area contributed by atoms with Gasteiger partial charge >= 0.3 is 0 Å². The Morgan fingerprint density at radius 1 is 1.27 bits per heavy atom. The summed E-state index contributed by atoms with van der Waals surface area (Å²) in [5, 5.41) is 3.76. The van der Waals surface area contributed by atoms with Gasteiger partial charge in [-0.25, -0.2) is 0 Å². The first-order valence-electron chi connectivity index (χ1n) is 6.47. The van der Waals surface area contributed by atoms with Crippen molar-refractivity contribution in [3.63, 3.8) is 0 Å². The second-order valence-corrected chi connectivity index (χ2v) is 6.98. The molecule has 1 N–H and O–H groups in total. The maximum absolute atomic E-state index is 3.76. The zero-order chi connectivity index (χ0) is 11.9. The van der Waals surface area contributed by atoms with Gasteiger partial charge in [0, 0.05) is 12.1 Å². The lowest BCUT2D eigenvalue weighted by molar-refractivity contribution is -0.00647. The second kappa shape index (κ2) is 4.08. The molecule has 1 aliphatic rings. The second-order valence-electron chi connectivity index (χ2n) is 6.98. The van der Waals surface area contributed by atoms with E-state index in [0.717, 1.165) is 5.92 Å². The van der Waals surface area contributed by atoms with Crippen LogP contribution in [0.5, 0.6) is 0 Å². The molecule has 0 amide bonds. The molecular formula is C14H29N. The van der Waals surface area contributed by atoms with Crippen LogP contribution in [0.4, 0.5) is 0 Å². The number of nitrogens with one attached hydrogen (secondary N) is 1. The van der Waals surface area contributed by atoms with E-state index in [1.807, 2.05) is 0 Å². The molecule has 2 unspecified atom stereocenters. The molecule has 1 rings (SSSR count). The van der Waals surface area contributed by atoms with Gasteiger partial charge in [0.15, 0.2) is 0 Å². The van der Waals surface area contributed by atoms with Gasteiger partial charge < -0.3 is 5.32 Å². The van der Waals surface area contributed by atoms with Crippen LogP contribution in [0.2, 0.25) is 0 Å². The van der Waals surface area contributed by atoms with Gasteiger partial charge in [-0.05, 0) is 23.2 Å². The Kier molecular flexibility index (Phi) is 3.55. The summed E-state index contributed by atoms with van der Waals surface area (Å²) in [6, 6.07) is 1.41. The lowest BCUT2D eigenvalue weighted by Crippen LogP contribution is -2.69. The van der Waals surface area contributed by atoms with Crippen molar-refractivity contribution in [2.24, 2.45) is 16.7 Å². The van der Waals surface area contributed by atoms with Crippen molar-refractivity contribution in [3.8, 4) is 0 Å². The Labute approximate surface area is 96.0 Å². The lowest BCUT2D eigenvalue weighted by atomic mass is 9.61. The highest BCUT2D eigenvalue weighted by Crippen LogP contribution is 2.44. The van der Waals surface area contributed by atoms with Crippen LogP contribution in [-0.4, -0.2) is 12.1 Å². The number of hydrogen-bond acceptors (Lipinski definition) is 1. The van der Waals surface area contributed by atoms with Crippen LogP contribution < -0.4 is 5.32 Å². The van der Waals surface area contributed by atoms with Crippen LogP contribution in [0, 0.1) is 16.7 Å². The van der Waals surface area contributed by atoms with E-state index in [9.17, 15) is 0 Å². The van der Waals surface area contributed by atoms with Gasteiger partial charge in [-0.15, -0.1) is 0 Å². The highest BCUT2D eigenvalue weighted by atomic mass is 15.1. The zero-order valence-electron chi connectivity index (χ0n) is 11.6. The Morgan fingerprint density at radius 3 is 2.13 bits per heavy atom. The van der Waals surface area contributed by atoms with Crippen molar-refractivity contribution in [2.75, 3.05) is 0 Å². The van der Waals surface area contributed by atoms with Gasteiger partial charge in [0.1, 0.15) is 0 Å². The predicted octanol–water partition coefficient (Wildman–Crippen LogP) is 3.84. The van der Waals surface area contributed by atoms with Crippen LogP contribution in [0.15, 0.2) is 0 Å².